The summed E-state index contributed by atoms with van der Waals surface area (Å²) in [7, 11) is 1.72. The van der Waals surface area contributed by atoms with E-state index in [-0.39, 0.29) is 5.91 Å². The fraction of sp³-hybridized carbons (Fsp3) is 0.167. The van der Waals surface area contributed by atoms with Gasteiger partial charge in [-0.15, -0.1) is 10.2 Å². The molecule has 0 saturated carbocycles. The van der Waals surface area contributed by atoms with Gasteiger partial charge < -0.3 is 10.6 Å². The van der Waals surface area contributed by atoms with Crippen molar-refractivity contribution >= 4 is 11.6 Å². The zero-order valence-electron chi connectivity index (χ0n) is 10.3. The zero-order valence-corrected chi connectivity index (χ0v) is 10.3. The molecule has 0 saturated heterocycles. The predicted octanol–water partition coefficient (Wildman–Crippen LogP) is 0.303. The Morgan fingerprint density at radius 2 is 2.32 bits per heavy atom. The molecule has 2 aromatic rings. The second-order valence-corrected chi connectivity index (χ2v) is 4.20. The van der Waals surface area contributed by atoms with Crippen molar-refractivity contribution in [1.29, 1.82) is 0 Å². The zero-order chi connectivity index (χ0) is 13.2. The van der Waals surface area contributed by atoms with E-state index in [1.807, 2.05) is 24.3 Å². The average molecular weight is 256 g/mol. The predicted molar refractivity (Wildman–Crippen MR) is 68.9 cm³/mol. The van der Waals surface area contributed by atoms with Crippen LogP contribution in [-0.2, 0) is 11.8 Å². The van der Waals surface area contributed by atoms with Gasteiger partial charge in [0.05, 0.1) is 13.6 Å². The van der Waals surface area contributed by atoms with Crippen LogP contribution >= 0.6 is 0 Å². The molecule has 0 unspecified atom stereocenters. The summed E-state index contributed by atoms with van der Waals surface area (Å²) < 4.78 is 0. The van der Waals surface area contributed by atoms with Crippen LogP contribution in [-0.4, -0.2) is 32.7 Å². The topological polar surface area (TPSA) is 84.7 Å². The van der Waals surface area contributed by atoms with Crippen molar-refractivity contribution < 1.29 is 4.79 Å². The van der Waals surface area contributed by atoms with Gasteiger partial charge in [0.15, 0.2) is 0 Å². The average Bonchev–Trinajstić information content (AvgIpc) is 2.99. The van der Waals surface area contributed by atoms with E-state index in [9.17, 15) is 4.79 Å². The molecule has 2 N–H and O–H groups in total. The van der Waals surface area contributed by atoms with Crippen molar-refractivity contribution in [3.8, 4) is 11.4 Å². The number of nitrogens with one attached hydrogen (secondary N) is 2. The highest BCUT2D eigenvalue weighted by Gasteiger charge is 2.11. The SMILES string of the molecule is Cn1nnc(-c2cccc(NC3=CC(=O)NC3)c2)n1. The van der Waals surface area contributed by atoms with Gasteiger partial charge in [0, 0.05) is 23.0 Å². The standard InChI is InChI=1S/C12H12N6O/c1-18-16-12(15-17-18)8-3-2-4-9(5-8)14-10-6-11(19)13-7-10/h2-6,14H,7H2,1H3,(H,13,19). The van der Waals surface area contributed by atoms with Gasteiger partial charge in [-0.3, -0.25) is 4.79 Å². The summed E-state index contributed by atoms with van der Waals surface area (Å²) in [6.45, 7) is 0.520. The molecule has 19 heavy (non-hydrogen) atoms. The Morgan fingerprint density at radius 3 is 3.00 bits per heavy atom. The number of nitrogens with zero attached hydrogens (tertiary/aromatic N) is 4. The molecule has 1 aromatic heterocycles. The molecule has 7 nitrogen and oxygen atoms in total. The maximum atomic E-state index is 11.1. The van der Waals surface area contributed by atoms with Crippen molar-refractivity contribution in [2.75, 3.05) is 11.9 Å². The Kier molecular flexibility index (Phi) is 2.71. The molecule has 2 heterocycles. The van der Waals surface area contributed by atoms with Crippen molar-refractivity contribution in [3.63, 3.8) is 0 Å². The summed E-state index contributed by atoms with van der Waals surface area (Å²) in [5, 5.41) is 17.8. The number of aromatic nitrogens is 4. The van der Waals surface area contributed by atoms with Gasteiger partial charge in [-0.1, -0.05) is 12.1 Å². The third kappa shape index (κ3) is 2.44. The summed E-state index contributed by atoms with van der Waals surface area (Å²) in [6, 6.07) is 7.65. The Morgan fingerprint density at radius 1 is 1.42 bits per heavy atom. The summed E-state index contributed by atoms with van der Waals surface area (Å²) in [5.41, 5.74) is 2.60. The van der Waals surface area contributed by atoms with Gasteiger partial charge in [0.2, 0.25) is 11.7 Å². The van der Waals surface area contributed by atoms with E-state index in [1.165, 1.54) is 4.80 Å². The van der Waals surface area contributed by atoms with Gasteiger partial charge in [-0.05, 0) is 17.3 Å². The van der Waals surface area contributed by atoms with Crippen LogP contribution in [0.15, 0.2) is 36.0 Å². The number of amides is 1. The van der Waals surface area contributed by atoms with Gasteiger partial charge in [0.1, 0.15) is 0 Å². The lowest BCUT2D eigenvalue weighted by Crippen LogP contribution is -2.16. The molecule has 0 bridgehead atoms. The lowest BCUT2D eigenvalue weighted by molar-refractivity contribution is -0.115. The maximum absolute atomic E-state index is 11.1. The molecule has 1 aliphatic rings. The number of anilines is 1. The molecule has 0 fully saturated rings. The highest BCUT2D eigenvalue weighted by Crippen LogP contribution is 2.20. The second-order valence-electron chi connectivity index (χ2n) is 4.20. The van der Waals surface area contributed by atoms with Crippen LogP contribution < -0.4 is 10.6 Å². The van der Waals surface area contributed by atoms with Crippen LogP contribution in [0, 0.1) is 0 Å². The fourth-order valence-corrected chi connectivity index (χ4v) is 1.84. The number of hydrogen-bond acceptors (Lipinski definition) is 5. The van der Waals surface area contributed by atoms with Crippen molar-refractivity contribution in [2.45, 2.75) is 0 Å². The molecular weight excluding hydrogens is 244 g/mol. The highest BCUT2D eigenvalue weighted by molar-refractivity contribution is 5.91. The first-order chi connectivity index (χ1) is 9.20. The number of tetrazole rings is 1. The monoisotopic (exact) mass is 256 g/mol. The Balaban J connectivity index is 1.84. The molecular formula is C12H12N6O. The van der Waals surface area contributed by atoms with Crippen molar-refractivity contribution in [2.24, 2.45) is 7.05 Å². The van der Waals surface area contributed by atoms with E-state index in [0.717, 1.165) is 16.9 Å². The third-order valence-corrected chi connectivity index (χ3v) is 2.69. The number of aryl methyl sites for hydroxylation is 1. The number of rotatable bonds is 3. The molecule has 0 radical (unpaired) electrons. The van der Waals surface area contributed by atoms with Crippen LogP contribution in [0.5, 0.6) is 0 Å². The van der Waals surface area contributed by atoms with Crippen LogP contribution in [0.2, 0.25) is 0 Å². The first-order valence-corrected chi connectivity index (χ1v) is 5.80. The van der Waals surface area contributed by atoms with E-state index in [1.54, 1.807) is 13.1 Å². The Hall–Kier alpha value is -2.70. The first-order valence-electron chi connectivity index (χ1n) is 5.80. The van der Waals surface area contributed by atoms with Crippen LogP contribution in [0.1, 0.15) is 0 Å². The molecule has 1 amide bonds. The largest absolute Gasteiger partial charge is 0.357 e. The lowest BCUT2D eigenvalue weighted by Gasteiger charge is -2.07. The van der Waals surface area contributed by atoms with E-state index >= 15 is 0 Å². The molecule has 3 rings (SSSR count). The van der Waals surface area contributed by atoms with Crippen molar-refractivity contribution in [3.05, 3.63) is 36.0 Å². The van der Waals surface area contributed by atoms with E-state index in [4.69, 9.17) is 0 Å². The number of carbonyl (C=O) groups excluding carboxylic acids is 1. The summed E-state index contributed by atoms with van der Waals surface area (Å²) >= 11 is 0. The molecule has 0 aliphatic carbocycles. The smallest absolute Gasteiger partial charge is 0.246 e. The Bertz CT molecular complexity index is 660. The summed E-state index contributed by atoms with van der Waals surface area (Å²) in [6.07, 6.45) is 1.55. The van der Waals surface area contributed by atoms with E-state index < -0.39 is 0 Å². The molecule has 96 valence electrons. The lowest BCUT2D eigenvalue weighted by atomic mass is 10.2. The third-order valence-electron chi connectivity index (χ3n) is 2.69. The highest BCUT2D eigenvalue weighted by atomic mass is 16.1. The minimum absolute atomic E-state index is 0.0748. The van der Waals surface area contributed by atoms with E-state index in [2.05, 4.69) is 26.0 Å². The minimum atomic E-state index is -0.0748. The fourth-order valence-electron chi connectivity index (χ4n) is 1.84. The van der Waals surface area contributed by atoms with E-state index in [0.29, 0.717) is 12.4 Å². The van der Waals surface area contributed by atoms with Crippen LogP contribution in [0.4, 0.5) is 5.69 Å². The van der Waals surface area contributed by atoms with Gasteiger partial charge in [-0.2, -0.15) is 4.80 Å². The molecule has 1 aliphatic heterocycles. The number of benzene rings is 1. The first kappa shape index (κ1) is 11.4. The molecule has 1 aromatic carbocycles. The van der Waals surface area contributed by atoms with Gasteiger partial charge in [-0.25, -0.2) is 0 Å². The molecule has 0 spiro atoms. The molecule has 7 heteroatoms. The second kappa shape index (κ2) is 4.52. The summed E-state index contributed by atoms with van der Waals surface area (Å²) in [4.78, 5) is 12.5. The Labute approximate surface area is 109 Å². The van der Waals surface area contributed by atoms with Gasteiger partial charge in [0.25, 0.3) is 0 Å². The quantitative estimate of drug-likeness (QED) is 0.825. The van der Waals surface area contributed by atoms with Crippen molar-refractivity contribution in [1.82, 2.24) is 25.5 Å². The normalized spacial score (nSPS) is 14.2. The summed E-state index contributed by atoms with van der Waals surface area (Å²) in [5.74, 6) is 0.495. The van der Waals surface area contributed by atoms with Gasteiger partial charge >= 0.3 is 0 Å². The molecule has 0 atom stereocenters. The number of carbonyl (C=O) groups is 1. The number of hydrogen-bond donors (Lipinski definition) is 2. The maximum Gasteiger partial charge on any atom is 0.246 e. The van der Waals surface area contributed by atoms with Crippen LogP contribution in [0.25, 0.3) is 11.4 Å². The minimum Gasteiger partial charge on any atom is -0.357 e. The van der Waals surface area contributed by atoms with Crippen LogP contribution in [0.3, 0.4) is 0 Å².